The maximum atomic E-state index is 13.1. The standard InChI is InChI=1S/C20H23N3O3S/c1-13-16(14(2)26-22-13)9-10-19(24)23(12-15-6-5-11-25-15)20-21-17-7-3-4-8-18(17)27-20/h3-4,7-8,15H,5-6,9-12H2,1-2H3. The molecule has 4 rings (SSSR count). The van der Waals surface area contributed by atoms with Crippen LogP contribution in [0.15, 0.2) is 28.8 Å². The molecule has 27 heavy (non-hydrogen) atoms. The number of ether oxygens (including phenoxy) is 1. The molecule has 1 aliphatic rings. The van der Waals surface area contributed by atoms with Crippen molar-refractivity contribution in [3.8, 4) is 0 Å². The molecule has 0 saturated carbocycles. The second kappa shape index (κ2) is 7.78. The molecule has 3 aromatic rings. The highest BCUT2D eigenvalue weighted by Crippen LogP contribution is 2.30. The molecule has 1 aliphatic heterocycles. The van der Waals surface area contributed by atoms with Crippen LogP contribution in [0.4, 0.5) is 5.13 Å². The summed E-state index contributed by atoms with van der Waals surface area (Å²) in [4.78, 5) is 19.6. The summed E-state index contributed by atoms with van der Waals surface area (Å²) >= 11 is 1.55. The van der Waals surface area contributed by atoms with Gasteiger partial charge in [0, 0.05) is 18.6 Å². The molecular weight excluding hydrogens is 362 g/mol. The van der Waals surface area contributed by atoms with Gasteiger partial charge >= 0.3 is 0 Å². The maximum Gasteiger partial charge on any atom is 0.229 e. The van der Waals surface area contributed by atoms with Gasteiger partial charge in [-0.25, -0.2) is 4.98 Å². The maximum absolute atomic E-state index is 13.1. The Morgan fingerprint density at radius 1 is 1.33 bits per heavy atom. The van der Waals surface area contributed by atoms with E-state index in [0.717, 1.165) is 51.8 Å². The first kappa shape index (κ1) is 18.1. The van der Waals surface area contributed by atoms with Crippen LogP contribution in [0.5, 0.6) is 0 Å². The molecular formula is C20H23N3O3S. The van der Waals surface area contributed by atoms with Crippen molar-refractivity contribution in [2.75, 3.05) is 18.1 Å². The number of thiazole rings is 1. The minimum absolute atomic E-state index is 0.0598. The molecule has 0 bridgehead atoms. The number of para-hydroxylation sites is 1. The van der Waals surface area contributed by atoms with Crippen molar-refractivity contribution in [3.05, 3.63) is 41.3 Å². The van der Waals surface area contributed by atoms with Crippen LogP contribution in [0, 0.1) is 13.8 Å². The van der Waals surface area contributed by atoms with Crippen molar-refractivity contribution in [2.45, 2.75) is 45.6 Å². The van der Waals surface area contributed by atoms with E-state index >= 15 is 0 Å². The Balaban J connectivity index is 1.55. The minimum Gasteiger partial charge on any atom is -0.376 e. The van der Waals surface area contributed by atoms with Crippen molar-refractivity contribution in [1.29, 1.82) is 0 Å². The number of nitrogens with zero attached hydrogens (tertiary/aromatic N) is 3. The summed E-state index contributed by atoms with van der Waals surface area (Å²) < 4.78 is 12.1. The van der Waals surface area contributed by atoms with Crippen molar-refractivity contribution < 1.29 is 14.1 Å². The van der Waals surface area contributed by atoms with Gasteiger partial charge in [0.1, 0.15) is 5.76 Å². The van der Waals surface area contributed by atoms with Crippen LogP contribution < -0.4 is 4.90 Å². The SMILES string of the molecule is Cc1noc(C)c1CCC(=O)N(CC1CCCO1)c1nc2ccccc2s1. The summed E-state index contributed by atoms with van der Waals surface area (Å²) in [5.41, 5.74) is 2.80. The van der Waals surface area contributed by atoms with Gasteiger partial charge in [-0.1, -0.05) is 28.6 Å². The van der Waals surface area contributed by atoms with Crippen LogP contribution >= 0.6 is 11.3 Å². The van der Waals surface area contributed by atoms with Gasteiger partial charge in [-0.05, 0) is 45.2 Å². The summed E-state index contributed by atoms with van der Waals surface area (Å²) in [5.74, 6) is 0.843. The molecule has 0 aliphatic carbocycles. The lowest BCUT2D eigenvalue weighted by molar-refractivity contribution is -0.119. The summed E-state index contributed by atoms with van der Waals surface area (Å²) in [6, 6.07) is 7.98. The summed E-state index contributed by atoms with van der Waals surface area (Å²) in [6.45, 7) is 5.12. The van der Waals surface area contributed by atoms with E-state index in [1.807, 2.05) is 38.1 Å². The molecule has 0 radical (unpaired) electrons. The number of rotatable bonds is 6. The first-order chi connectivity index (χ1) is 13.1. The number of benzene rings is 1. The highest BCUT2D eigenvalue weighted by atomic mass is 32.1. The lowest BCUT2D eigenvalue weighted by atomic mass is 10.1. The number of fused-ring (bicyclic) bond motifs is 1. The van der Waals surface area contributed by atoms with Crippen LogP contribution in [-0.4, -0.2) is 35.3 Å². The number of amides is 1. The molecule has 0 spiro atoms. The van der Waals surface area contributed by atoms with Gasteiger partial charge in [0.05, 0.1) is 28.6 Å². The Morgan fingerprint density at radius 2 is 2.19 bits per heavy atom. The summed E-state index contributed by atoms with van der Waals surface area (Å²) in [7, 11) is 0. The Kier molecular flexibility index (Phi) is 5.22. The third-order valence-electron chi connectivity index (χ3n) is 4.99. The van der Waals surface area contributed by atoms with Gasteiger partial charge in [0.2, 0.25) is 5.91 Å². The second-order valence-corrected chi connectivity index (χ2v) is 7.92. The summed E-state index contributed by atoms with van der Waals surface area (Å²) in [6.07, 6.45) is 3.13. The Hall–Kier alpha value is -2.25. The normalized spacial score (nSPS) is 16.9. The predicted molar refractivity (Wildman–Crippen MR) is 105 cm³/mol. The number of hydrogen-bond acceptors (Lipinski definition) is 6. The number of aromatic nitrogens is 2. The Bertz CT molecular complexity index is 891. The van der Waals surface area contributed by atoms with Crippen LogP contribution in [0.1, 0.15) is 36.3 Å². The predicted octanol–water partition coefficient (Wildman–Crippen LogP) is 4.05. The van der Waals surface area contributed by atoms with Crippen molar-refractivity contribution >= 4 is 32.6 Å². The summed E-state index contributed by atoms with van der Waals surface area (Å²) in [5, 5.41) is 4.72. The molecule has 2 aromatic heterocycles. The lowest BCUT2D eigenvalue weighted by Gasteiger charge is -2.23. The fraction of sp³-hybridized carbons (Fsp3) is 0.450. The van der Waals surface area contributed by atoms with Gasteiger partial charge in [0.25, 0.3) is 0 Å². The zero-order valence-corrected chi connectivity index (χ0v) is 16.4. The van der Waals surface area contributed by atoms with E-state index in [1.54, 1.807) is 16.2 Å². The first-order valence-electron chi connectivity index (χ1n) is 9.31. The van der Waals surface area contributed by atoms with Gasteiger partial charge in [-0.15, -0.1) is 0 Å². The number of aryl methyl sites for hydroxylation is 2. The quantitative estimate of drug-likeness (QED) is 0.640. The van der Waals surface area contributed by atoms with Gasteiger partial charge in [-0.2, -0.15) is 0 Å². The third kappa shape index (κ3) is 3.89. The third-order valence-corrected chi connectivity index (χ3v) is 6.05. The van der Waals surface area contributed by atoms with E-state index in [1.165, 1.54) is 0 Å². The lowest BCUT2D eigenvalue weighted by Crippen LogP contribution is -2.37. The van der Waals surface area contributed by atoms with E-state index in [9.17, 15) is 4.79 Å². The van der Waals surface area contributed by atoms with Crippen LogP contribution in [0.2, 0.25) is 0 Å². The molecule has 6 nitrogen and oxygen atoms in total. The number of anilines is 1. The molecule has 3 heterocycles. The molecule has 1 aromatic carbocycles. The zero-order valence-electron chi connectivity index (χ0n) is 15.6. The van der Waals surface area contributed by atoms with E-state index in [2.05, 4.69) is 5.16 Å². The topological polar surface area (TPSA) is 68.5 Å². The number of carbonyl (C=O) groups is 1. The van der Waals surface area contributed by atoms with E-state index in [4.69, 9.17) is 14.2 Å². The fourth-order valence-electron chi connectivity index (χ4n) is 3.48. The van der Waals surface area contributed by atoms with E-state index < -0.39 is 0 Å². The molecule has 7 heteroatoms. The molecule has 1 amide bonds. The number of hydrogen-bond donors (Lipinski definition) is 0. The van der Waals surface area contributed by atoms with Crippen molar-refractivity contribution in [2.24, 2.45) is 0 Å². The average molecular weight is 385 g/mol. The smallest absolute Gasteiger partial charge is 0.229 e. The fourth-order valence-corrected chi connectivity index (χ4v) is 4.47. The average Bonchev–Trinajstić information content (AvgIpc) is 3.39. The van der Waals surface area contributed by atoms with Gasteiger partial charge in [0.15, 0.2) is 5.13 Å². The minimum atomic E-state index is 0.0598. The highest BCUT2D eigenvalue weighted by Gasteiger charge is 2.26. The molecule has 0 N–H and O–H groups in total. The van der Waals surface area contributed by atoms with Crippen LogP contribution in [-0.2, 0) is 16.0 Å². The number of carbonyl (C=O) groups excluding carboxylic acids is 1. The molecule has 1 atom stereocenters. The zero-order chi connectivity index (χ0) is 18.8. The van der Waals surface area contributed by atoms with Gasteiger partial charge < -0.3 is 9.26 Å². The highest BCUT2D eigenvalue weighted by molar-refractivity contribution is 7.22. The van der Waals surface area contributed by atoms with Gasteiger partial charge in [-0.3, -0.25) is 9.69 Å². The monoisotopic (exact) mass is 385 g/mol. The van der Waals surface area contributed by atoms with Crippen LogP contribution in [0.25, 0.3) is 10.2 Å². The van der Waals surface area contributed by atoms with E-state index in [0.29, 0.717) is 19.4 Å². The molecule has 1 fully saturated rings. The Labute approximate surface area is 162 Å². The first-order valence-corrected chi connectivity index (χ1v) is 10.1. The Morgan fingerprint density at radius 3 is 2.89 bits per heavy atom. The second-order valence-electron chi connectivity index (χ2n) is 6.91. The molecule has 1 saturated heterocycles. The molecule has 142 valence electrons. The molecule has 1 unspecified atom stereocenters. The van der Waals surface area contributed by atoms with Crippen molar-refractivity contribution in [1.82, 2.24) is 10.1 Å². The van der Waals surface area contributed by atoms with Crippen molar-refractivity contribution in [3.63, 3.8) is 0 Å². The largest absolute Gasteiger partial charge is 0.376 e. The van der Waals surface area contributed by atoms with E-state index in [-0.39, 0.29) is 12.0 Å². The van der Waals surface area contributed by atoms with Crippen LogP contribution in [0.3, 0.4) is 0 Å².